The summed E-state index contributed by atoms with van der Waals surface area (Å²) in [5.41, 5.74) is 0.504. The summed E-state index contributed by atoms with van der Waals surface area (Å²) in [6.45, 7) is 3.02. The first-order chi connectivity index (χ1) is 10.9. The van der Waals surface area contributed by atoms with Gasteiger partial charge in [-0.2, -0.15) is 0 Å². The second-order valence-corrected chi connectivity index (χ2v) is 5.15. The van der Waals surface area contributed by atoms with E-state index in [0.717, 1.165) is 5.06 Å². The average molecular weight is 325 g/mol. The number of hydroxylamine groups is 2. The number of esters is 1. The molecule has 1 N–H and O–H groups in total. The Labute approximate surface area is 132 Å². The molecule has 0 saturated carbocycles. The first-order valence-electron chi connectivity index (χ1n) is 7.11. The average Bonchev–Trinajstić information content (AvgIpc) is 3.11. The predicted molar refractivity (Wildman–Crippen MR) is 75.4 cm³/mol. The van der Waals surface area contributed by atoms with Crippen LogP contribution in [0.15, 0.2) is 6.20 Å². The van der Waals surface area contributed by atoms with Crippen molar-refractivity contribution >= 4 is 17.8 Å². The minimum atomic E-state index is -0.661. The smallest absolute Gasteiger partial charge is 0.303 e. The number of likely N-dealkylation sites (N-methyl/N-ethyl adjacent to an activating group) is 1. The highest BCUT2D eigenvalue weighted by molar-refractivity contribution is 5.86. The molecule has 1 aliphatic heterocycles. The molecule has 2 atom stereocenters. The van der Waals surface area contributed by atoms with Crippen molar-refractivity contribution in [1.82, 2.24) is 25.4 Å². The molecule has 1 fully saturated rings. The molecule has 0 bridgehead atoms. The standard InChI is InChI=1S/C13H19N5O5/c1-8(19)18-12(13(21)14-3)4-11(23-18)6-17-5-10(15-16-17)7-22-9(2)20/h5,11-12H,4,6-7H2,1-3H3,(H,14,21)/t11-,12-/m0/s1. The van der Waals surface area contributed by atoms with Crippen molar-refractivity contribution in [3.8, 4) is 0 Å². The van der Waals surface area contributed by atoms with E-state index in [9.17, 15) is 14.4 Å². The largest absolute Gasteiger partial charge is 0.459 e. The number of amides is 2. The van der Waals surface area contributed by atoms with Gasteiger partial charge in [0.05, 0.1) is 12.7 Å². The fourth-order valence-corrected chi connectivity index (χ4v) is 2.28. The molecule has 2 amide bonds. The van der Waals surface area contributed by atoms with Crippen molar-refractivity contribution in [3.05, 3.63) is 11.9 Å². The van der Waals surface area contributed by atoms with Crippen LogP contribution in [0.3, 0.4) is 0 Å². The maximum Gasteiger partial charge on any atom is 0.303 e. The fraction of sp³-hybridized carbons (Fsp3) is 0.615. The van der Waals surface area contributed by atoms with Crippen molar-refractivity contribution in [3.63, 3.8) is 0 Å². The molecule has 1 aromatic heterocycles. The van der Waals surface area contributed by atoms with Gasteiger partial charge in [-0.25, -0.2) is 9.75 Å². The molecular weight excluding hydrogens is 306 g/mol. The van der Waals surface area contributed by atoms with Gasteiger partial charge >= 0.3 is 5.97 Å². The monoisotopic (exact) mass is 325 g/mol. The molecule has 10 nitrogen and oxygen atoms in total. The summed E-state index contributed by atoms with van der Waals surface area (Å²) >= 11 is 0. The van der Waals surface area contributed by atoms with Crippen LogP contribution in [0.1, 0.15) is 26.0 Å². The van der Waals surface area contributed by atoms with Crippen LogP contribution in [0, 0.1) is 0 Å². The van der Waals surface area contributed by atoms with Crippen LogP contribution in [0.4, 0.5) is 0 Å². The van der Waals surface area contributed by atoms with Gasteiger partial charge in [0.2, 0.25) is 11.8 Å². The first kappa shape index (κ1) is 16.9. The molecule has 23 heavy (non-hydrogen) atoms. The van der Waals surface area contributed by atoms with E-state index in [2.05, 4.69) is 15.6 Å². The van der Waals surface area contributed by atoms with Crippen molar-refractivity contribution < 1.29 is 24.0 Å². The zero-order valence-corrected chi connectivity index (χ0v) is 13.2. The summed E-state index contributed by atoms with van der Waals surface area (Å²) in [6.07, 6.45) is 1.60. The van der Waals surface area contributed by atoms with Crippen molar-refractivity contribution in [1.29, 1.82) is 0 Å². The zero-order valence-electron chi connectivity index (χ0n) is 13.2. The second-order valence-electron chi connectivity index (χ2n) is 5.15. The molecule has 1 aromatic rings. The van der Waals surface area contributed by atoms with Gasteiger partial charge in [-0.3, -0.25) is 19.2 Å². The minimum Gasteiger partial charge on any atom is -0.459 e. The van der Waals surface area contributed by atoms with E-state index in [1.54, 1.807) is 6.20 Å². The van der Waals surface area contributed by atoms with Crippen LogP contribution in [0.5, 0.6) is 0 Å². The van der Waals surface area contributed by atoms with Crippen LogP contribution in [-0.4, -0.2) is 57.0 Å². The van der Waals surface area contributed by atoms with Crippen molar-refractivity contribution in [2.24, 2.45) is 0 Å². The molecular formula is C13H19N5O5. The minimum absolute atomic E-state index is 0.0430. The molecule has 0 radical (unpaired) electrons. The Balaban J connectivity index is 1.97. The van der Waals surface area contributed by atoms with E-state index in [1.165, 1.54) is 25.6 Å². The SMILES string of the molecule is CNC(=O)[C@@H]1C[C@@H](Cn2cc(COC(C)=O)nn2)ON1C(C)=O. The Hall–Kier alpha value is -2.49. The van der Waals surface area contributed by atoms with Crippen LogP contribution in [0.25, 0.3) is 0 Å². The molecule has 1 saturated heterocycles. The van der Waals surface area contributed by atoms with Crippen LogP contribution < -0.4 is 5.32 Å². The lowest BCUT2D eigenvalue weighted by Crippen LogP contribution is -2.43. The summed E-state index contributed by atoms with van der Waals surface area (Å²) in [5, 5.41) is 11.4. The zero-order chi connectivity index (χ0) is 17.0. The maximum atomic E-state index is 11.8. The van der Waals surface area contributed by atoms with Gasteiger partial charge in [-0.05, 0) is 0 Å². The number of rotatable bonds is 5. The third-order valence-electron chi connectivity index (χ3n) is 3.29. The molecule has 2 heterocycles. The lowest BCUT2D eigenvalue weighted by Gasteiger charge is -2.19. The molecule has 0 aliphatic carbocycles. The Bertz CT molecular complexity index is 601. The van der Waals surface area contributed by atoms with E-state index in [1.807, 2.05) is 0 Å². The lowest BCUT2D eigenvalue weighted by atomic mass is 10.1. The van der Waals surface area contributed by atoms with Crippen molar-refractivity contribution in [2.45, 2.75) is 45.6 Å². The van der Waals surface area contributed by atoms with Crippen molar-refractivity contribution in [2.75, 3.05) is 7.05 Å². The quantitative estimate of drug-likeness (QED) is 0.691. The fourth-order valence-electron chi connectivity index (χ4n) is 2.28. The Kier molecular flexibility index (Phi) is 5.27. The number of carbonyl (C=O) groups is 3. The summed E-state index contributed by atoms with van der Waals surface area (Å²) in [7, 11) is 1.51. The molecule has 0 unspecified atom stereocenters. The summed E-state index contributed by atoms with van der Waals surface area (Å²) in [5.74, 6) is -1.02. The molecule has 1 aliphatic rings. The molecule has 2 rings (SSSR count). The number of nitrogens with one attached hydrogen (secondary N) is 1. The van der Waals surface area contributed by atoms with E-state index in [4.69, 9.17) is 9.57 Å². The highest BCUT2D eigenvalue weighted by Crippen LogP contribution is 2.22. The Morgan fingerprint density at radius 3 is 2.78 bits per heavy atom. The molecule has 0 aromatic carbocycles. The van der Waals surface area contributed by atoms with Gasteiger partial charge in [0.15, 0.2) is 0 Å². The second kappa shape index (κ2) is 7.18. The van der Waals surface area contributed by atoms with Gasteiger partial charge in [0.1, 0.15) is 24.4 Å². The van der Waals surface area contributed by atoms with E-state index in [-0.39, 0.29) is 24.5 Å². The van der Waals surface area contributed by atoms with Gasteiger partial charge in [-0.15, -0.1) is 5.10 Å². The molecule has 0 spiro atoms. The van der Waals surface area contributed by atoms with Gasteiger partial charge in [-0.1, -0.05) is 5.21 Å². The van der Waals surface area contributed by atoms with Crippen LogP contribution in [0.2, 0.25) is 0 Å². The Morgan fingerprint density at radius 1 is 1.43 bits per heavy atom. The first-order valence-corrected chi connectivity index (χ1v) is 7.11. The lowest BCUT2D eigenvalue weighted by molar-refractivity contribution is -0.188. The third kappa shape index (κ3) is 4.25. The predicted octanol–water partition coefficient (Wildman–Crippen LogP) is -0.992. The number of carbonyl (C=O) groups excluding carboxylic acids is 3. The summed E-state index contributed by atoms with van der Waals surface area (Å²) in [4.78, 5) is 39.7. The molecule has 10 heteroatoms. The summed E-state index contributed by atoms with van der Waals surface area (Å²) in [6, 6.07) is -0.661. The number of ether oxygens (including phenoxy) is 1. The van der Waals surface area contributed by atoms with E-state index < -0.39 is 12.0 Å². The van der Waals surface area contributed by atoms with Gasteiger partial charge in [0, 0.05) is 27.3 Å². The number of hydrogen-bond acceptors (Lipinski definition) is 7. The third-order valence-corrected chi connectivity index (χ3v) is 3.29. The Morgan fingerprint density at radius 2 is 2.17 bits per heavy atom. The topological polar surface area (TPSA) is 116 Å². The maximum absolute atomic E-state index is 11.8. The highest BCUT2D eigenvalue weighted by atomic mass is 16.7. The van der Waals surface area contributed by atoms with E-state index >= 15 is 0 Å². The van der Waals surface area contributed by atoms with E-state index in [0.29, 0.717) is 18.7 Å². The summed E-state index contributed by atoms with van der Waals surface area (Å²) < 4.78 is 6.35. The molecule has 126 valence electrons. The van der Waals surface area contributed by atoms with Crippen LogP contribution in [-0.2, 0) is 37.1 Å². The van der Waals surface area contributed by atoms with Gasteiger partial charge in [0.25, 0.3) is 0 Å². The van der Waals surface area contributed by atoms with Crippen LogP contribution >= 0.6 is 0 Å². The number of nitrogens with zero attached hydrogens (tertiary/aromatic N) is 4. The number of hydrogen-bond donors (Lipinski definition) is 1. The van der Waals surface area contributed by atoms with Gasteiger partial charge < -0.3 is 10.1 Å². The highest BCUT2D eigenvalue weighted by Gasteiger charge is 2.39. The normalized spacial score (nSPS) is 20.4. The number of aromatic nitrogens is 3.